The van der Waals surface area contributed by atoms with Gasteiger partial charge in [0.1, 0.15) is 0 Å². The first-order valence-corrected chi connectivity index (χ1v) is 9.39. The van der Waals surface area contributed by atoms with Crippen LogP contribution in [0.4, 0.5) is 5.69 Å². The zero-order valence-electron chi connectivity index (χ0n) is 12.8. The Kier molecular flexibility index (Phi) is 6.23. The SMILES string of the molecule is CCc1ccc(S(=O)(=O)NCC(=O)Nc2ccc(Cl)cc2Cl)cc1. The third-order valence-electron chi connectivity index (χ3n) is 3.27. The smallest absolute Gasteiger partial charge is 0.241 e. The zero-order valence-corrected chi connectivity index (χ0v) is 15.2. The van der Waals surface area contributed by atoms with Crippen molar-refractivity contribution in [3.8, 4) is 0 Å². The molecule has 1 amide bonds. The molecule has 5 nitrogen and oxygen atoms in total. The van der Waals surface area contributed by atoms with E-state index in [1.165, 1.54) is 18.2 Å². The number of halogens is 2. The molecule has 0 spiro atoms. The molecule has 0 aliphatic heterocycles. The number of rotatable bonds is 6. The fourth-order valence-electron chi connectivity index (χ4n) is 1.93. The molecule has 0 fully saturated rings. The van der Waals surface area contributed by atoms with Crippen molar-refractivity contribution in [2.75, 3.05) is 11.9 Å². The van der Waals surface area contributed by atoms with Gasteiger partial charge in [-0.25, -0.2) is 13.1 Å². The molecule has 0 saturated heterocycles. The third kappa shape index (κ3) is 4.95. The van der Waals surface area contributed by atoms with Crippen LogP contribution in [-0.2, 0) is 21.2 Å². The van der Waals surface area contributed by atoms with Crippen LogP contribution < -0.4 is 10.0 Å². The van der Waals surface area contributed by atoms with E-state index in [0.29, 0.717) is 10.7 Å². The van der Waals surface area contributed by atoms with Crippen molar-refractivity contribution in [1.29, 1.82) is 0 Å². The van der Waals surface area contributed by atoms with Crippen molar-refractivity contribution in [2.45, 2.75) is 18.2 Å². The number of benzene rings is 2. The number of amides is 1. The number of anilines is 1. The van der Waals surface area contributed by atoms with Crippen LogP contribution in [0.5, 0.6) is 0 Å². The Balaban J connectivity index is 1.99. The fourth-order valence-corrected chi connectivity index (χ4v) is 3.37. The van der Waals surface area contributed by atoms with Crippen molar-refractivity contribution < 1.29 is 13.2 Å². The van der Waals surface area contributed by atoms with Crippen molar-refractivity contribution in [3.05, 3.63) is 58.1 Å². The molecule has 0 unspecified atom stereocenters. The standard InChI is InChI=1S/C16H16Cl2N2O3S/c1-2-11-3-6-13(7-4-11)24(22,23)19-10-16(21)20-15-8-5-12(17)9-14(15)18/h3-9,19H,2,10H2,1H3,(H,20,21). The van der Waals surface area contributed by atoms with Gasteiger partial charge in [0, 0.05) is 5.02 Å². The van der Waals surface area contributed by atoms with Crippen molar-refractivity contribution in [2.24, 2.45) is 0 Å². The zero-order chi connectivity index (χ0) is 17.7. The highest BCUT2D eigenvalue weighted by molar-refractivity contribution is 7.89. The Morgan fingerprint density at radius 1 is 1.08 bits per heavy atom. The minimum Gasteiger partial charge on any atom is -0.324 e. The van der Waals surface area contributed by atoms with E-state index in [1.54, 1.807) is 24.3 Å². The third-order valence-corrected chi connectivity index (χ3v) is 5.23. The summed E-state index contributed by atoms with van der Waals surface area (Å²) < 4.78 is 26.6. The fraction of sp³-hybridized carbons (Fsp3) is 0.188. The Morgan fingerprint density at radius 2 is 1.75 bits per heavy atom. The number of carbonyl (C=O) groups excluding carboxylic acids is 1. The van der Waals surface area contributed by atoms with Gasteiger partial charge in [-0.1, -0.05) is 42.3 Å². The van der Waals surface area contributed by atoms with E-state index < -0.39 is 22.5 Å². The van der Waals surface area contributed by atoms with Gasteiger partial charge >= 0.3 is 0 Å². The summed E-state index contributed by atoms with van der Waals surface area (Å²) in [6.45, 7) is 1.57. The second-order valence-electron chi connectivity index (χ2n) is 4.99. The van der Waals surface area contributed by atoms with E-state index in [9.17, 15) is 13.2 Å². The number of nitrogens with one attached hydrogen (secondary N) is 2. The number of aryl methyl sites for hydroxylation is 1. The first-order valence-electron chi connectivity index (χ1n) is 7.15. The lowest BCUT2D eigenvalue weighted by Crippen LogP contribution is -2.33. The van der Waals surface area contributed by atoms with Crippen LogP contribution in [0.3, 0.4) is 0 Å². The molecule has 0 aliphatic carbocycles. The number of carbonyl (C=O) groups is 1. The Hall–Kier alpha value is -1.60. The summed E-state index contributed by atoms with van der Waals surface area (Å²) in [5.41, 5.74) is 1.39. The molecule has 2 rings (SSSR count). The van der Waals surface area contributed by atoms with E-state index in [-0.39, 0.29) is 9.92 Å². The predicted molar refractivity (Wildman–Crippen MR) is 96.1 cm³/mol. The van der Waals surface area contributed by atoms with Gasteiger partial charge in [0.15, 0.2) is 0 Å². The normalized spacial score (nSPS) is 11.3. The van der Waals surface area contributed by atoms with Crippen molar-refractivity contribution >= 4 is 44.8 Å². The molecule has 0 heterocycles. The van der Waals surface area contributed by atoms with Crippen molar-refractivity contribution in [3.63, 3.8) is 0 Å². The summed E-state index contributed by atoms with van der Waals surface area (Å²) in [6.07, 6.45) is 0.817. The van der Waals surface area contributed by atoms with E-state index in [4.69, 9.17) is 23.2 Å². The van der Waals surface area contributed by atoms with E-state index >= 15 is 0 Å². The van der Waals surface area contributed by atoms with Crippen LogP contribution in [0, 0.1) is 0 Å². The van der Waals surface area contributed by atoms with Gasteiger partial charge in [0.25, 0.3) is 0 Å². The minimum atomic E-state index is -3.75. The van der Waals surface area contributed by atoms with Crippen LogP contribution in [0.1, 0.15) is 12.5 Å². The molecular formula is C16H16Cl2N2O3S. The maximum Gasteiger partial charge on any atom is 0.241 e. The molecule has 0 radical (unpaired) electrons. The lowest BCUT2D eigenvalue weighted by Gasteiger charge is -2.09. The van der Waals surface area contributed by atoms with Gasteiger partial charge in [-0.3, -0.25) is 4.79 Å². The predicted octanol–water partition coefficient (Wildman–Crippen LogP) is 3.47. The van der Waals surface area contributed by atoms with Gasteiger partial charge in [0.2, 0.25) is 15.9 Å². The van der Waals surface area contributed by atoms with E-state index in [1.807, 2.05) is 6.92 Å². The molecule has 2 N–H and O–H groups in total. The van der Waals surface area contributed by atoms with Gasteiger partial charge in [-0.2, -0.15) is 0 Å². The number of sulfonamides is 1. The van der Waals surface area contributed by atoms with Gasteiger partial charge in [-0.15, -0.1) is 0 Å². The quantitative estimate of drug-likeness (QED) is 0.797. The average Bonchev–Trinajstić information content (AvgIpc) is 2.56. The molecule has 2 aromatic rings. The van der Waals surface area contributed by atoms with Crippen molar-refractivity contribution in [1.82, 2.24) is 4.72 Å². The monoisotopic (exact) mass is 386 g/mol. The minimum absolute atomic E-state index is 0.108. The molecule has 0 atom stereocenters. The summed E-state index contributed by atoms with van der Waals surface area (Å²) in [5, 5.41) is 3.23. The second kappa shape index (κ2) is 7.98. The second-order valence-corrected chi connectivity index (χ2v) is 7.60. The van der Waals surface area contributed by atoms with Crippen LogP contribution >= 0.6 is 23.2 Å². The maximum absolute atomic E-state index is 12.2. The maximum atomic E-state index is 12.2. The molecule has 0 saturated carbocycles. The highest BCUT2D eigenvalue weighted by Gasteiger charge is 2.16. The van der Waals surface area contributed by atoms with Crippen LogP contribution in [0.2, 0.25) is 10.0 Å². The Morgan fingerprint density at radius 3 is 2.33 bits per heavy atom. The first kappa shape index (κ1) is 18.7. The van der Waals surface area contributed by atoms with Gasteiger partial charge in [-0.05, 0) is 42.3 Å². The van der Waals surface area contributed by atoms with Crippen LogP contribution in [0.15, 0.2) is 47.4 Å². The Labute approximate surface area is 151 Å². The summed E-state index contributed by atoms with van der Waals surface area (Å²) in [5.74, 6) is -0.534. The molecule has 0 aliphatic rings. The highest BCUT2D eigenvalue weighted by Crippen LogP contribution is 2.25. The van der Waals surface area contributed by atoms with Crippen LogP contribution in [0.25, 0.3) is 0 Å². The molecule has 2 aromatic carbocycles. The Bertz CT molecular complexity index is 837. The highest BCUT2D eigenvalue weighted by atomic mass is 35.5. The largest absolute Gasteiger partial charge is 0.324 e. The average molecular weight is 387 g/mol. The molecule has 0 bridgehead atoms. The lowest BCUT2D eigenvalue weighted by atomic mass is 10.2. The van der Waals surface area contributed by atoms with Crippen LogP contribution in [-0.4, -0.2) is 20.9 Å². The molecule has 128 valence electrons. The van der Waals surface area contributed by atoms with Gasteiger partial charge < -0.3 is 5.32 Å². The topological polar surface area (TPSA) is 75.3 Å². The summed E-state index contributed by atoms with van der Waals surface area (Å²) in [6, 6.07) is 11.1. The summed E-state index contributed by atoms with van der Waals surface area (Å²) in [7, 11) is -3.75. The number of hydrogen-bond acceptors (Lipinski definition) is 3. The molecule has 24 heavy (non-hydrogen) atoms. The summed E-state index contributed by atoms with van der Waals surface area (Å²) in [4.78, 5) is 12.0. The number of hydrogen-bond donors (Lipinski definition) is 2. The van der Waals surface area contributed by atoms with E-state index in [2.05, 4.69) is 10.0 Å². The lowest BCUT2D eigenvalue weighted by molar-refractivity contribution is -0.115. The van der Waals surface area contributed by atoms with E-state index in [0.717, 1.165) is 12.0 Å². The molecule has 0 aromatic heterocycles. The molecule has 8 heteroatoms. The first-order chi connectivity index (χ1) is 11.3. The molecular weight excluding hydrogens is 371 g/mol. The van der Waals surface area contributed by atoms with Gasteiger partial charge in [0.05, 0.1) is 22.2 Å². The summed E-state index contributed by atoms with van der Waals surface area (Å²) >= 11 is 11.7.